The van der Waals surface area contributed by atoms with Gasteiger partial charge in [-0.2, -0.15) is 0 Å². The Kier molecular flexibility index (Phi) is 8.13. The van der Waals surface area contributed by atoms with Crippen molar-refractivity contribution in [1.82, 2.24) is 15.1 Å². The molecule has 4 rings (SSSR count). The minimum Gasteiger partial charge on any atom is -0.490 e. The SMILES string of the molecule is CC(C)(C)[C@@H]1NC(=O)OCCC/C=C/COc2ccc3c(c2)CN(C3)C(=O)O[C@@H]2CC(C(=O)O)N(C2)C1=O. The summed E-state index contributed by atoms with van der Waals surface area (Å²) in [5, 5.41) is 12.4. The van der Waals surface area contributed by atoms with Gasteiger partial charge in [0, 0.05) is 19.5 Å². The van der Waals surface area contributed by atoms with Gasteiger partial charge >= 0.3 is 18.2 Å². The molecule has 11 nitrogen and oxygen atoms in total. The fourth-order valence-corrected chi connectivity index (χ4v) is 4.84. The molecule has 38 heavy (non-hydrogen) atoms. The number of carbonyl (C=O) groups is 4. The number of fused-ring (bicyclic) bond motifs is 4. The molecule has 0 saturated carbocycles. The zero-order chi connectivity index (χ0) is 27.4. The molecule has 1 unspecified atom stereocenters. The van der Waals surface area contributed by atoms with Crippen molar-refractivity contribution in [2.45, 2.75) is 71.3 Å². The molecule has 1 aromatic rings. The molecule has 3 amide bonds. The van der Waals surface area contributed by atoms with Crippen LogP contribution in [0.15, 0.2) is 30.4 Å². The van der Waals surface area contributed by atoms with E-state index in [1.807, 2.05) is 30.4 Å². The number of allylic oxidation sites excluding steroid dienone is 1. The molecule has 2 N–H and O–H groups in total. The molecule has 11 heteroatoms. The molecule has 0 spiro atoms. The van der Waals surface area contributed by atoms with Crippen molar-refractivity contribution < 1.29 is 38.5 Å². The largest absolute Gasteiger partial charge is 0.490 e. The Labute approximate surface area is 221 Å². The van der Waals surface area contributed by atoms with E-state index in [1.54, 1.807) is 20.8 Å². The van der Waals surface area contributed by atoms with Gasteiger partial charge in [-0.15, -0.1) is 0 Å². The minimum absolute atomic E-state index is 0.0418. The lowest BCUT2D eigenvalue weighted by atomic mass is 9.85. The number of carboxylic acid groups (broad SMARTS) is 1. The Hall–Kier alpha value is -3.76. The molecule has 5 bridgehead atoms. The summed E-state index contributed by atoms with van der Waals surface area (Å²) in [6, 6.07) is 3.45. The number of carboxylic acids is 1. The molecule has 3 heterocycles. The van der Waals surface area contributed by atoms with Gasteiger partial charge in [-0.1, -0.05) is 39.0 Å². The van der Waals surface area contributed by atoms with E-state index in [2.05, 4.69) is 5.32 Å². The summed E-state index contributed by atoms with van der Waals surface area (Å²) < 4.78 is 16.7. The molecule has 3 aliphatic heterocycles. The summed E-state index contributed by atoms with van der Waals surface area (Å²) in [5.74, 6) is -1.08. The first-order chi connectivity index (χ1) is 18.0. The highest BCUT2D eigenvalue weighted by Gasteiger charge is 2.46. The highest BCUT2D eigenvalue weighted by atomic mass is 16.6. The van der Waals surface area contributed by atoms with Crippen molar-refractivity contribution in [3.63, 3.8) is 0 Å². The number of alkyl carbamates (subject to hydrolysis) is 1. The molecule has 0 aromatic heterocycles. The molecular formula is C27H35N3O8. The van der Waals surface area contributed by atoms with Crippen LogP contribution in [0.3, 0.4) is 0 Å². The van der Waals surface area contributed by atoms with E-state index in [9.17, 15) is 24.3 Å². The van der Waals surface area contributed by atoms with Crippen LogP contribution in [0.5, 0.6) is 5.75 Å². The minimum atomic E-state index is -1.20. The van der Waals surface area contributed by atoms with Crippen molar-refractivity contribution in [2.24, 2.45) is 5.41 Å². The first-order valence-electron chi connectivity index (χ1n) is 12.8. The van der Waals surface area contributed by atoms with Crippen LogP contribution >= 0.6 is 0 Å². The Balaban J connectivity index is 1.55. The van der Waals surface area contributed by atoms with Gasteiger partial charge in [0.25, 0.3) is 0 Å². The van der Waals surface area contributed by atoms with Crippen molar-refractivity contribution >= 4 is 24.1 Å². The third kappa shape index (κ3) is 6.38. The Bertz CT molecular complexity index is 1110. The number of nitrogens with one attached hydrogen (secondary N) is 1. The average Bonchev–Trinajstić information content (AvgIpc) is 3.47. The maximum Gasteiger partial charge on any atom is 0.410 e. The number of cyclic esters (lactones) is 1. The van der Waals surface area contributed by atoms with Crippen molar-refractivity contribution in [1.29, 1.82) is 0 Å². The van der Waals surface area contributed by atoms with Crippen LogP contribution in [0, 0.1) is 5.41 Å². The van der Waals surface area contributed by atoms with E-state index in [4.69, 9.17) is 14.2 Å². The summed E-state index contributed by atoms with van der Waals surface area (Å²) in [4.78, 5) is 53.8. The zero-order valence-corrected chi connectivity index (χ0v) is 22.0. The second kappa shape index (κ2) is 11.3. The van der Waals surface area contributed by atoms with Crippen molar-refractivity contribution in [2.75, 3.05) is 19.8 Å². The molecule has 1 saturated heterocycles. The lowest BCUT2D eigenvalue weighted by molar-refractivity contribution is -0.150. The maximum absolute atomic E-state index is 13.6. The van der Waals surface area contributed by atoms with E-state index in [1.165, 1.54) is 9.80 Å². The van der Waals surface area contributed by atoms with E-state index in [0.717, 1.165) is 11.1 Å². The lowest BCUT2D eigenvalue weighted by Crippen LogP contribution is -2.57. The number of carbonyl (C=O) groups excluding carboxylic acids is 3. The quantitative estimate of drug-likeness (QED) is 0.530. The number of benzene rings is 1. The topological polar surface area (TPSA) is 135 Å². The summed E-state index contributed by atoms with van der Waals surface area (Å²) in [6.07, 6.45) is 2.92. The van der Waals surface area contributed by atoms with Crippen LogP contribution in [-0.2, 0) is 32.2 Å². The lowest BCUT2D eigenvalue weighted by Gasteiger charge is -2.34. The third-order valence-electron chi connectivity index (χ3n) is 6.89. The van der Waals surface area contributed by atoms with Crippen molar-refractivity contribution in [3.05, 3.63) is 41.5 Å². The zero-order valence-electron chi connectivity index (χ0n) is 22.0. The number of aliphatic carboxylic acids is 1. The molecule has 3 atom stereocenters. The van der Waals surface area contributed by atoms with E-state index in [-0.39, 0.29) is 19.6 Å². The van der Waals surface area contributed by atoms with Crippen LogP contribution in [0.2, 0.25) is 0 Å². The molecule has 0 radical (unpaired) electrons. The molecular weight excluding hydrogens is 494 g/mol. The molecule has 1 aromatic carbocycles. The van der Waals surface area contributed by atoms with Gasteiger partial charge in [0.05, 0.1) is 13.2 Å². The van der Waals surface area contributed by atoms with Gasteiger partial charge in [-0.05, 0) is 41.5 Å². The average molecular weight is 530 g/mol. The van der Waals surface area contributed by atoms with Crippen LogP contribution < -0.4 is 10.1 Å². The molecule has 206 valence electrons. The summed E-state index contributed by atoms with van der Waals surface area (Å²) >= 11 is 0. The highest BCUT2D eigenvalue weighted by molar-refractivity contribution is 5.90. The Morgan fingerprint density at radius 2 is 1.84 bits per heavy atom. The van der Waals surface area contributed by atoms with E-state index < -0.39 is 47.7 Å². The monoisotopic (exact) mass is 529 g/mol. The van der Waals surface area contributed by atoms with Crippen molar-refractivity contribution in [3.8, 4) is 5.75 Å². The standard InChI is InChI=1S/C27H35N3O8/c1-27(2,3)22-23(31)30-16-20(13-21(30)24(32)33)38-26(35)29-14-17-8-9-19(12-18(17)15-29)36-10-6-4-5-7-11-37-25(34)28-22/h4,6,8-9,12,20-22H,5,7,10-11,13-16H2,1-3H3,(H,28,34)(H,32,33)/b6-4+/t20-,21?,22-/m1/s1. The first kappa shape index (κ1) is 27.3. The fourth-order valence-electron chi connectivity index (χ4n) is 4.84. The fraction of sp³-hybridized carbons (Fsp3) is 0.556. The van der Waals surface area contributed by atoms with E-state index >= 15 is 0 Å². The van der Waals surface area contributed by atoms with Gasteiger partial charge in [0.15, 0.2) is 0 Å². The smallest absolute Gasteiger partial charge is 0.410 e. The van der Waals surface area contributed by atoms with E-state index in [0.29, 0.717) is 38.3 Å². The van der Waals surface area contributed by atoms with Crippen LogP contribution in [0.4, 0.5) is 9.59 Å². The number of ether oxygens (including phenoxy) is 3. The van der Waals surface area contributed by atoms with Gasteiger partial charge in [-0.25, -0.2) is 14.4 Å². The first-order valence-corrected chi connectivity index (χ1v) is 12.8. The normalized spacial score (nSPS) is 26.0. The number of rotatable bonds is 1. The van der Waals surface area contributed by atoms with Crippen LogP contribution in [-0.4, -0.2) is 76.9 Å². The molecule has 3 aliphatic rings. The van der Waals surface area contributed by atoms with Gasteiger partial charge in [0.1, 0.15) is 30.5 Å². The van der Waals surface area contributed by atoms with Crippen LogP contribution in [0.25, 0.3) is 0 Å². The predicted octanol–water partition coefficient (Wildman–Crippen LogP) is 3.06. The molecule has 1 fully saturated rings. The summed E-state index contributed by atoms with van der Waals surface area (Å²) in [6.45, 7) is 6.47. The molecule has 0 aliphatic carbocycles. The van der Waals surface area contributed by atoms with Gasteiger partial charge in [-0.3, -0.25) is 9.69 Å². The van der Waals surface area contributed by atoms with Gasteiger partial charge in [0.2, 0.25) is 5.91 Å². The highest BCUT2D eigenvalue weighted by Crippen LogP contribution is 2.30. The second-order valence-electron chi connectivity index (χ2n) is 10.9. The number of hydrogen-bond acceptors (Lipinski definition) is 7. The number of amides is 3. The Morgan fingerprint density at radius 1 is 1.08 bits per heavy atom. The van der Waals surface area contributed by atoms with Gasteiger partial charge < -0.3 is 29.5 Å². The van der Waals surface area contributed by atoms with Crippen LogP contribution in [0.1, 0.15) is 51.2 Å². The second-order valence-corrected chi connectivity index (χ2v) is 10.9. The summed E-state index contributed by atoms with van der Waals surface area (Å²) in [7, 11) is 0. The predicted molar refractivity (Wildman–Crippen MR) is 135 cm³/mol. The Morgan fingerprint density at radius 3 is 2.58 bits per heavy atom. The summed E-state index contributed by atoms with van der Waals surface area (Å²) in [5.41, 5.74) is 1.21. The maximum atomic E-state index is 13.6. The number of nitrogens with zero attached hydrogens (tertiary/aromatic N) is 2. The third-order valence-corrected chi connectivity index (χ3v) is 6.89. The number of hydrogen-bond donors (Lipinski definition) is 2.